The highest BCUT2D eigenvalue weighted by Crippen LogP contribution is 2.32. The maximum atomic E-state index is 11.6. The molecular formula is C15H20O2. The van der Waals surface area contributed by atoms with Crippen LogP contribution in [0.4, 0.5) is 0 Å². The molecule has 0 amide bonds. The quantitative estimate of drug-likeness (QED) is 0.796. The summed E-state index contributed by atoms with van der Waals surface area (Å²) in [6, 6.07) is 8.14. The van der Waals surface area contributed by atoms with Crippen LogP contribution in [0.3, 0.4) is 0 Å². The van der Waals surface area contributed by atoms with Gasteiger partial charge in [-0.15, -0.1) is 0 Å². The van der Waals surface area contributed by atoms with Crippen LogP contribution in [0.2, 0.25) is 0 Å². The highest BCUT2D eigenvalue weighted by Gasteiger charge is 2.28. The molecule has 0 saturated heterocycles. The third-order valence-corrected chi connectivity index (χ3v) is 3.56. The van der Waals surface area contributed by atoms with Crippen LogP contribution in [-0.4, -0.2) is 11.9 Å². The van der Waals surface area contributed by atoms with Gasteiger partial charge in [-0.25, -0.2) is 0 Å². The van der Waals surface area contributed by atoms with Gasteiger partial charge in [-0.3, -0.25) is 4.79 Å². The van der Waals surface area contributed by atoms with Crippen molar-refractivity contribution in [1.29, 1.82) is 0 Å². The second kappa shape index (κ2) is 4.91. The first-order valence-corrected chi connectivity index (χ1v) is 6.33. The zero-order valence-corrected chi connectivity index (χ0v) is 10.8. The molecule has 2 heteroatoms. The van der Waals surface area contributed by atoms with E-state index in [1.807, 2.05) is 18.2 Å². The van der Waals surface area contributed by atoms with E-state index in [0.29, 0.717) is 5.92 Å². The fourth-order valence-corrected chi connectivity index (χ4v) is 2.58. The van der Waals surface area contributed by atoms with Crippen molar-refractivity contribution in [1.82, 2.24) is 0 Å². The van der Waals surface area contributed by atoms with Crippen LogP contribution < -0.4 is 4.74 Å². The minimum absolute atomic E-state index is 0.120. The predicted octanol–water partition coefficient (Wildman–Crippen LogP) is 3.24. The standard InChI is InChI=1S/C15H20O2/c1-10(2)14(11(3)16)9-13-8-12-6-4-5-7-15(12)17-13/h4-7,10,13-14H,8-9H2,1-3H3. The fraction of sp³-hybridized carbons (Fsp3) is 0.533. The van der Waals surface area contributed by atoms with E-state index in [-0.39, 0.29) is 17.8 Å². The van der Waals surface area contributed by atoms with Crippen molar-refractivity contribution < 1.29 is 9.53 Å². The van der Waals surface area contributed by atoms with E-state index in [9.17, 15) is 4.79 Å². The molecule has 2 rings (SSSR count). The number of ether oxygens (including phenoxy) is 1. The van der Waals surface area contributed by atoms with Crippen molar-refractivity contribution in [3.05, 3.63) is 29.8 Å². The monoisotopic (exact) mass is 232 g/mol. The molecular weight excluding hydrogens is 212 g/mol. The Morgan fingerprint density at radius 1 is 1.41 bits per heavy atom. The van der Waals surface area contributed by atoms with Crippen LogP contribution in [0.5, 0.6) is 5.75 Å². The summed E-state index contributed by atoms with van der Waals surface area (Å²) < 4.78 is 5.89. The number of benzene rings is 1. The van der Waals surface area contributed by atoms with E-state index in [0.717, 1.165) is 18.6 Å². The lowest BCUT2D eigenvalue weighted by Gasteiger charge is -2.21. The number of carbonyl (C=O) groups excluding carboxylic acids is 1. The Bertz CT molecular complexity index is 384. The first kappa shape index (κ1) is 12.2. The lowest BCUT2D eigenvalue weighted by Crippen LogP contribution is -2.26. The van der Waals surface area contributed by atoms with Crippen LogP contribution in [0.25, 0.3) is 0 Å². The van der Waals surface area contributed by atoms with E-state index in [4.69, 9.17) is 4.74 Å². The molecule has 0 N–H and O–H groups in total. The fourth-order valence-electron chi connectivity index (χ4n) is 2.58. The minimum Gasteiger partial charge on any atom is -0.490 e. The first-order valence-electron chi connectivity index (χ1n) is 6.33. The molecule has 0 bridgehead atoms. The van der Waals surface area contributed by atoms with Crippen molar-refractivity contribution >= 4 is 5.78 Å². The topological polar surface area (TPSA) is 26.3 Å². The Morgan fingerprint density at radius 2 is 2.12 bits per heavy atom. The maximum absolute atomic E-state index is 11.6. The molecule has 17 heavy (non-hydrogen) atoms. The third-order valence-electron chi connectivity index (χ3n) is 3.56. The van der Waals surface area contributed by atoms with Gasteiger partial charge in [0, 0.05) is 12.3 Å². The number of para-hydroxylation sites is 1. The summed E-state index contributed by atoms with van der Waals surface area (Å²) in [5.41, 5.74) is 1.27. The van der Waals surface area contributed by atoms with Crippen molar-refractivity contribution in [3.63, 3.8) is 0 Å². The lowest BCUT2D eigenvalue weighted by molar-refractivity contribution is -0.122. The summed E-state index contributed by atoms with van der Waals surface area (Å²) in [4.78, 5) is 11.6. The maximum Gasteiger partial charge on any atom is 0.133 e. The molecule has 0 saturated carbocycles. The molecule has 0 aliphatic carbocycles. The van der Waals surface area contributed by atoms with E-state index in [1.165, 1.54) is 5.56 Å². The van der Waals surface area contributed by atoms with Gasteiger partial charge in [0.05, 0.1) is 0 Å². The Balaban J connectivity index is 2.01. The Labute approximate surface area is 103 Å². The third kappa shape index (κ3) is 2.68. The molecule has 2 unspecified atom stereocenters. The van der Waals surface area contributed by atoms with E-state index in [1.54, 1.807) is 6.92 Å². The number of hydrogen-bond acceptors (Lipinski definition) is 2. The minimum atomic E-state index is 0.120. The number of ketones is 1. The van der Waals surface area contributed by atoms with Gasteiger partial charge in [-0.2, -0.15) is 0 Å². The van der Waals surface area contributed by atoms with Crippen molar-refractivity contribution in [3.8, 4) is 5.75 Å². The second-order valence-corrected chi connectivity index (χ2v) is 5.25. The largest absolute Gasteiger partial charge is 0.490 e. The van der Waals surface area contributed by atoms with Crippen molar-refractivity contribution in [2.24, 2.45) is 11.8 Å². The molecule has 0 fully saturated rings. The summed E-state index contributed by atoms with van der Waals surface area (Å²) in [6.07, 6.45) is 1.94. The number of Topliss-reactive ketones (excluding diaryl/α,β-unsaturated/α-hetero) is 1. The number of carbonyl (C=O) groups is 1. The zero-order chi connectivity index (χ0) is 12.4. The molecule has 1 aromatic carbocycles. The summed E-state index contributed by atoms with van der Waals surface area (Å²) in [6.45, 7) is 5.90. The number of fused-ring (bicyclic) bond motifs is 1. The summed E-state index contributed by atoms with van der Waals surface area (Å²) in [7, 11) is 0. The predicted molar refractivity (Wildman–Crippen MR) is 68.2 cm³/mol. The molecule has 2 atom stereocenters. The average molecular weight is 232 g/mol. The Hall–Kier alpha value is -1.31. The van der Waals surface area contributed by atoms with Gasteiger partial charge in [0.25, 0.3) is 0 Å². The van der Waals surface area contributed by atoms with Crippen LogP contribution in [0.15, 0.2) is 24.3 Å². The number of rotatable bonds is 4. The molecule has 0 radical (unpaired) electrons. The normalized spacial score (nSPS) is 19.9. The average Bonchev–Trinajstić information content (AvgIpc) is 2.67. The van der Waals surface area contributed by atoms with Crippen molar-refractivity contribution in [2.75, 3.05) is 0 Å². The summed E-state index contributed by atoms with van der Waals surface area (Å²) in [5, 5.41) is 0. The molecule has 1 aliphatic heterocycles. The molecule has 0 spiro atoms. The van der Waals surface area contributed by atoms with E-state index < -0.39 is 0 Å². The first-order chi connectivity index (χ1) is 8.08. The van der Waals surface area contributed by atoms with Gasteiger partial charge < -0.3 is 4.74 Å². The number of hydrogen-bond donors (Lipinski definition) is 0. The molecule has 1 aromatic rings. The second-order valence-electron chi connectivity index (χ2n) is 5.25. The SMILES string of the molecule is CC(=O)C(CC1Cc2ccccc2O1)C(C)C. The van der Waals surface area contributed by atoms with Gasteiger partial charge in [0.15, 0.2) is 0 Å². The molecule has 2 nitrogen and oxygen atoms in total. The van der Waals surface area contributed by atoms with Crippen LogP contribution in [-0.2, 0) is 11.2 Å². The van der Waals surface area contributed by atoms with E-state index >= 15 is 0 Å². The summed E-state index contributed by atoms with van der Waals surface area (Å²) >= 11 is 0. The summed E-state index contributed by atoms with van der Waals surface area (Å²) in [5.74, 6) is 1.78. The Morgan fingerprint density at radius 3 is 2.71 bits per heavy atom. The molecule has 1 heterocycles. The smallest absolute Gasteiger partial charge is 0.133 e. The van der Waals surface area contributed by atoms with Crippen LogP contribution in [0.1, 0.15) is 32.8 Å². The Kier molecular flexibility index (Phi) is 3.51. The lowest BCUT2D eigenvalue weighted by atomic mass is 9.86. The van der Waals surface area contributed by atoms with Gasteiger partial charge >= 0.3 is 0 Å². The van der Waals surface area contributed by atoms with Gasteiger partial charge in [0.2, 0.25) is 0 Å². The molecule has 0 aromatic heterocycles. The highest BCUT2D eigenvalue weighted by molar-refractivity contribution is 5.78. The van der Waals surface area contributed by atoms with Crippen LogP contribution >= 0.6 is 0 Å². The zero-order valence-electron chi connectivity index (χ0n) is 10.8. The van der Waals surface area contributed by atoms with Gasteiger partial charge in [-0.1, -0.05) is 32.0 Å². The highest BCUT2D eigenvalue weighted by atomic mass is 16.5. The van der Waals surface area contributed by atoms with Crippen LogP contribution in [0, 0.1) is 11.8 Å². The van der Waals surface area contributed by atoms with Crippen molar-refractivity contribution in [2.45, 2.75) is 39.7 Å². The molecule has 92 valence electrons. The van der Waals surface area contributed by atoms with Gasteiger partial charge in [-0.05, 0) is 30.9 Å². The van der Waals surface area contributed by atoms with E-state index in [2.05, 4.69) is 19.9 Å². The molecule has 1 aliphatic rings. The van der Waals surface area contributed by atoms with Gasteiger partial charge in [0.1, 0.15) is 17.6 Å².